The van der Waals surface area contributed by atoms with Crippen LogP contribution in [0.3, 0.4) is 0 Å². The molecule has 7 heteroatoms. The third-order valence-electron chi connectivity index (χ3n) is 5.48. The van der Waals surface area contributed by atoms with Crippen LogP contribution in [0.5, 0.6) is 0 Å². The maximum absolute atomic E-state index is 12.7. The van der Waals surface area contributed by atoms with Gasteiger partial charge in [0.2, 0.25) is 5.91 Å². The van der Waals surface area contributed by atoms with Gasteiger partial charge in [0.15, 0.2) is 0 Å². The average molecular weight is 343 g/mol. The zero-order valence-corrected chi connectivity index (χ0v) is 15.0. The molecule has 130 valence electrons. The zero-order valence-electron chi connectivity index (χ0n) is 14.2. The Morgan fingerprint density at radius 2 is 2.22 bits per heavy atom. The zero-order chi connectivity index (χ0) is 15.9. The van der Waals surface area contributed by atoms with Crippen LogP contribution in [-0.2, 0) is 16.6 Å². The molecule has 1 saturated heterocycles. The molecule has 2 N–H and O–H groups in total. The van der Waals surface area contributed by atoms with Gasteiger partial charge in [-0.2, -0.15) is 5.10 Å². The van der Waals surface area contributed by atoms with Crippen molar-refractivity contribution in [2.45, 2.75) is 38.3 Å². The monoisotopic (exact) mass is 342 g/mol. The Labute approximate surface area is 143 Å². The summed E-state index contributed by atoms with van der Waals surface area (Å²) in [7, 11) is 3.65. The number of carbonyl (C=O) groups is 1. The molecule has 1 amide bonds. The van der Waals surface area contributed by atoms with Crippen LogP contribution in [0.25, 0.3) is 0 Å². The first-order valence-corrected chi connectivity index (χ1v) is 7.96. The predicted molar refractivity (Wildman–Crippen MR) is 90.7 cm³/mol. The first-order valence-electron chi connectivity index (χ1n) is 7.96. The smallest absolute Gasteiger partial charge is 0.225 e. The summed E-state index contributed by atoms with van der Waals surface area (Å²) in [5, 5.41) is 10.8. The molecule has 2 fully saturated rings. The second kappa shape index (κ2) is 6.79. The molecular weight excluding hydrogens is 316 g/mol. The van der Waals surface area contributed by atoms with Crippen LogP contribution < -0.4 is 10.6 Å². The van der Waals surface area contributed by atoms with Gasteiger partial charge in [0.05, 0.1) is 18.2 Å². The minimum absolute atomic E-state index is 0. The van der Waals surface area contributed by atoms with E-state index in [1.165, 1.54) is 0 Å². The largest absolute Gasteiger partial charge is 0.381 e. The van der Waals surface area contributed by atoms with E-state index in [0.717, 1.165) is 25.1 Å². The van der Waals surface area contributed by atoms with E-state index in [-0.39, 0.29) is 47.7 Å². The molecule has 1 saturated carbocycles. The third kappa shape index (κ3) is 3.25. The summed E-state index contributed by atoms with van der Waals surface area (Å²) in [6.45, 7) is 5.87. The highest BCUT2D eigenvalue weighted by Crippen LogP contribution is 2.42. The molecule has 1 aliphatic heterocycles. The molecule has 6 nitrogen and oxygen atoms in total. The SMILES string of the molecule is COC1CC(NC(=O)[C@H]2CNC[C@@H]2c2cnn(C)c2)C1(C)C.Cl. The lowest BCUT2D eigenvalue weighted by atomic mass is 9.64. The Balaban J connectivity index is 0.00000192. The minimum Gasteiger partial charge on any atom is -0.381 e. The van der Waals surface area contributed by atoms with Crippen LogP contribution in [-0.4, -0.2) is 48.0 Å². The second-order valence-corrected chi connectivity index (χ2v) is 7.16. The molecule has 1 aromatic heterocycles. The molecule has 23 heavy (non-hydrogen) atoms. The van der Waals surface area contributed by atoms with Crippen LogP contribution in [0.1, 0.15) is 31.7 Å². The summed E-state index contributed by atoms with van der Waals surface area (Å²) in [5.74, 6) is 0.322. The number of halogens is 1. The number of rotatable bonds is 4. The minimum atomic E-state index is -0.0263. The van der Waals surface area contributed by atoms with Gasteiger partial charge in [-0.15, -0.1) is 12.4 Å². The molecular formula is C16H27ClN4O2. The van der Waals surface area contributed by atoms with E-state index in [0.29, 0.717) is 0 Å². The van der Waals surface area contributed by atoms with Gasteiger partial charge >= 0.3 is 0 Å². The first-order chi connectivity index (χ1) is 10.4. The second-order valence-electron chi connectivity index (χ2n) is 7.16. The fourth-order valence-corrected chi connectivity index (χ4v) is 3.75. The number of hydrogen-bond acceptors (Lipinski definition) is 4. The Morgan fingerprint density at radius 3 is 2.78 bits per heavy atom. The van der Waals surface area contributed by atoms with E-state index in [1.54, 1.807) is 11.8 Å². The van der Waals surface area contributed by atoms with E-state index >= 15 is 0 Å². The summed E-state index contributed by atoms with van der Waals surface area (Å²) in [4.78, 5) is 12.7. The molecule has 0 radical (unpaired) electrons. The van der Waals surface area contributed by atoms with Crippen molar-refractivity contribution in [3.8, 4) is 0 Å². The number of methoxy groups -OCH3 is 1. The third-order valence-corrected chi connectivity index (χ3v) is 5.48. The molecule has 0 aromatic carbocycles. The topological polar surface area (TPSA) is 68.2 Å². The highest BCUT2D eigenvalue weighted by atomic mass is 35.5. The molecule has 2 heterocycles. The molecule has 2 aliphatic rings. The van der Waals surface area contributed by atoms with Crippen molar-refractivity contribution < 1.29 is 9.53 Å². The molecule has 4 atom stereocenters. The van der Waals surface area contributed by atoms with Crippen molar-refractivity contribution in [2.24, 2.45) is 18.4 Å². The Hall–Kier alpha value is -1.11. The van der Waals surface area contributed by atoms with E-state index in [1.807, 2.05) is 19.4 Å². The average Bonchev–Trinajstić information content (AvgIpc) is 3.10. The van der Waals surface area contributed by atoms with Crippen LogP contribution in [0.4, 0.5) is 0 Å². The number of amides is 1. The van der Waals surface area contributed by atoms with E-state index < -0.39 is 0 Å². The Morgan fingerprint density at radius 1 is 1.48 bits per heavy atom. The number of carbonyl (C=O) groups excluding carboxylic acids is 1. The lowest BCUT2D eigenvalue weighted by Crippen LogP contribution is -2.62. The van der Waals surface area contributed by atoms with Gasteiger partial charge in [0.25, 0.3) is 0 Å². The quantitative estimate of drug-likeness (QED) is 0.859. The molecule has 0 bridgehead atoms. The number of aryl methyl sites for hydroxylation is 1. The van der Waals surface area contributed by atoms with Gasteiger partial charge in [-0.25, -0.2) is 0 Å². The molecule has 3 rings (SSSR count). The van der Waals surface area contributed by atoms with Crippen LogP contribution in [0.15, 0.2) is 12.4 Å². The normalized spacial score (nSPS) is 32.0. The van der Waals surface area contributed by atoms with Crippen molar-refractivity contribution in [2.75, 3.05) is 20.2 Å². The van der Waals surface area contributed by atoms with Crippen LogP contribution in [0.2, 0.25) is 0 Å². The summed E-state index contributed by atoms with van der Waals surface area (Å²) in [6.07, 6.45) is 5.00. The highest BCUT2D eigenvalue weighted by molar-refractivity contribution is 5.85. The van der Waals surface area contributed by atoms with E-state index in [2.05, 4.69) is 29.6 Å². The number of nitrogens with zero attached hydrogens (tertiary/aromatic N) is 2. The van der Waals surface area contributed by atoms with Crippen molar-refractivity contribution in [1.82, 2.24) is 20.4 Å². The van der Waals surface area contributed by atoms with Crippen LogP contribution >= 0.6 is 12.4 Å². The van der Waals surface area contributed by atoms with Gasteiger partial charge in [-0.05, 0) is 12.0 Å². The van der Waals surface area contributed by atoms with Crippen LogP contribution in [0, 0.1) is 11.3 Å². The molecule has 2 unspecified atom stereocenters. The van der Waals surface area contributed by atoms with Crippen molar-refractivity contribution >= 4 is 18.3 Å². The lowest BCUT2D eigenvalue weighted by Gasteiger charge is -2.51. The maximum Gasteiger partial charge on any atom is 0.225 e. The Bertz CT molecular complexity index is 560. The Kier molecular flexibility index (Phi) is 5.38. The number of ether oxygens (including phenoxy) is 1. The summed E-state index contributed by atoms with van der Waals surface area (Å²) < 4.78 is 7.25. The van der Waals surface area contributed by atoms with Gasteiger partial charge in [0, 0.05) is 50.8 Å². The standard InChI is InChI=1S/C16H26N4O2.ClH/c1-16(2)13(5-14(16)22-4)19-15(21)12-8-17-7-11(12)10-6-18-20(3)9-10;/h6,9,11-14,17H,5,7-8H2,1-4H3,(H,19,21);1H/t11-,12+,13?,14?;/m1./s1. The predicted octanol–water partition coefficient (Wildman–Crippen LogP) is 1.07. The lowest BCUT2D eigenvalue weighted by molar-refractivity contribution is -0.136. The number of nitrogens with one attached hydrogen (secondary N) is 2. The highest BCUT2D eigenvalue weighted by Gasteiger charge is 2.50. The fraction of sp³-hybridized carbons (Fsp3) is 0.750. The summed E-state index contributed by atoms with van der Waals surface area (Å²) in [5.41, 5.74) is 1.13. The van der Waals surface area contributed by atoms with Gasteiger partial charge in [0.1, 0.15) is 0 Å². The van der Waals surface area contributed by atoms with E-state index in [9.17, 15) is 4.79 Å². The number of aromatic nitrogens is 2. The van der Waals surface area contributed by atoms with Gasteiger partial charge in [-0.1, -0.05) is 13.8 Å². The molecule has 1 aliphatic carbocycles. The van der Waals surface area contributed by atoms with Gasteiger partial charge in [-0.3, -0.25) is 9.48 Å². The van der Waals surface area contributed by atoms with Crippen molar-refractivity contribution in [1.29, 1.82) is 0 Å². The molecule has 0 spiro atoms. The molecule has 1 aromatic rings. The summed E-state index contributed by atoms with van der Waals surface area (Å²) >= 11 is 0. The van der Waals surface area contributed by atoms with E-state index in [4.69, 9.17) is 4.74 Å². The summed E-state index contributed by atoms with van der Waals surface area (Å²) in [6, 6.07) is 0.195. The number of hydrogen-bond donors (Lipinski definition) is 2. The van der Waals surface area contributed by atoms with Crippen molar-refractivity contribution in [3.63, 3.8) is 0 Å². The van der Waals surface area contributed by atoms with Crippen molar-refractivity contribution in [3.05, 3.63) is 18.0 Å². The maximum atomic E-state index is 12.7. The first kappa shape index (κ1) is 18.2. The van der Waals surface area contributed by atoms with Gasteiger partial charge < -0.3 is 15.4 Å². The fourth-order valence-electron chi connectivity index (χ4n) is 3.75.